The molecule has 0 rings (SSSR count). The van der Waals surface area contributed by atoms with Crippen molar-refractivity contribution in [2.45, 2.75) is 59.4 Å². The summed E-state index contributed by atoms with van der Waals surface area (Å²) in [7, 11) is 0. The Hall–Kier alpha value is 0.200. The predicted molar refractivity (Wildman–Crippen MR) is 79.0 cm³/mol. The molecular formula is C13H26INO. The summed E-state index contributed by atoms with van der Waals surface area (Å²) in [6.45, 7) is 8.61. The maximum Gasteiger partial charge on any atom is 0.223 e. The van der Waals surface area contributed by atoms with E-state index in [0.29, 0.717) is 12.0 Å². The predicted octanol–water partition coefficient (Wildman–Crippen LogP) is 3.78. The Balaban J connectivity index is 4.17. The molecule has 0 heterocycles. The number of hydrogen-bond donors (Lipinski definition) is 1. The fourth-order valence-corrected chi connectivity index (χ4v) is 2.89. The van der Waals surface area contributed by atoms with Crippen LogP contribution < -0.4 is 5.32 Å². The van der Waals surface area contributed by atoms with Gasteiger partial charge in [0.2, 0.25) is 5.91 Å². The van der Waals surface area contributed by atoms with Gasteiger partial charge < -0.3 is 5.32 Å². The third-order valence-electron chi connectivity index (χ3n) is 3.07. The van der Waals surface area contributed by atoms with E-state index in [4.69, 9.17) is 0 Å². The lowest BCUT2D eigenvalue weighted by Gasteiger charge is -2.23. The Morgan fingerprint density at radius 1 is 1.31 bits per heavy atom. The number of halogens is 1. The van der Waals surface area contributed by atoms with Gasteiger partial charge in [-0.25, -0.2) is 0 Å². The smallest absolute Gasteiger partial charge is 0.223 e. The van der Waals surface area contributed by atoms with E-state index in [2.05, 4.69) is 55.6 Å². The largest absolute Gasteiger partial charge is 0.352 e. The van der Waals surface area contributed by atoms with Gasteiger partial charge in [-0.15, -0.1) is 0 Å². The van der Waals surface area contributed by atoms with Gasteiger partial charge in [0.25, 0.3) is 0 Å². The fraction of sp³-hybridized carbons (Fsp3) is 0.923. The first kappa shape index (κ1) is 16.2. The minimum absolute atomic E-state index is 0.212. The molecule has 0 aliphatic carbocycles. The number of carbonyl (C=O) groups is 1. The lowest BCUT2D eigenvalue weighted by molar-refractivity contribution is -0.126. The molecule has 3 heteroatoms. The van der Waals surface area contributed by atoms with Crippen LogP contribution in [0.2, 0.25) is 0 Å². The number of alkyl halides is 1. The Morgan fingerprint density at radius 2 is 1.94 bits per heavy atom. The Kier molecular flexibility index (Phi) is 9.37. The second-order valence-corrected chi connectivity index (χ2v) is 5.64. The average Bonchev–Trinajstić information content (AvgIpc) is 2.26. The van der Waals surface area contributed by atoms with E-state index in [9.17, 15) is 4.79 Å². The molecule has 0 fully saturated rings. The van der Waals surface area contributed by atoms with Crippen molar-refractivity contribution in [1.82, 2.24) is 5.32 Å². The normalized spacial score (nSPS) is 14.9. The van der Waals surface area contributed by atoms with Crippen molar-refractivity contribution < 1.29 is 4.79 Å². The minimum atomic E-state index is 0.212. The molecule has 1 amide bonds. The van der Waals surface area contributed by atoms with Gasteiger partial charge in [0.15, 0.2) is 0 Å². The number of hydrogen-bond acceptors (Lipinski definition) is 1. The van der Waals surface area contributed by atoms with Crippen LogP contribution in [0.4, 0.5) is 0 Å². The summed E-state index contributed by atoms with van der Waals surface area (Å²) in [5.41, 5.74) is 0. The van der Waals surface area contributed by atoms with Crippen LogP contribution >= 0.6 is 22.6 Å². The molecule has 1 N–H and O–H groups in total. The van der Waals surface area contributed by atoms with Crippen molar-refractivity contribution in [3.05, 3.63) is 0 Å². The topological polar surface area (TPSA) is 29.1 Å². The molecule has 0 saturated carbocycles. The van der Waals surface area contributed by atoms with Crippen LogP contribution in [0.1, 0.15) is 53.4 Å². The summed E-state index contributed by atoms with van der Waals surface area (Å²) >= 11 is 2.35. The maximum absolute atomic E-state index is 12.0. The van der Waals surface area contributed by atoms with Gasteiger partial charge in [-0.05, 0) is 18.8 Å². The van der Waals surface area contributed by atoms with Gasteiger partial charge in [-0.1, -0.05) is 63.1 Å². The molecule has 0 aliphatic rings. The summed E-state index contributed by atoms with van der Waals surface area (Å²) in [5.74, 6) is 0.986. The zero-order chi connectivity index (χ0) is 12.6. The molecule has 2 nitrogen and oxygen atoms in total. The van der Waals surface area contributed by atoms with E-state index >= 15 is 0 Å². The second-order valence-electron chi connectivity index (χ2n) is 4.76. The van der Waals surface area contributed by atoms with Crippen molar-refractivity contribution in [1.29, 1.82) is 0 Å². The molecule has 96 valence electrons. The zero-order valence-electron chi connectivity index (χ0n) is 11.1. The van der Waals surface area contributed by atoms with Crippen LogP contribution in [0.5, 0.6) is 0 Å². The summed E-state index contributed by atoms with van der Waals surface area (Å²) in [4.78, 5) is 12.0. The van der Waals surface area contributed by atoms with Gasteiger partial charge in [0.05, 0.1) is 0 Å². The molecule has 0 aromatic rings. The lowest BCUT2D eigenvalue weighted by atomic mass is 9.97. The van der Waals surface area contributed by atoms with E-state index in [1.165, 1.54) is 6.42 Å². The van der Waals surface area contributed by atoms with Crippen molar-refractivity contribution in [3.8, 4) is 0 Å². The monoisotopic (exact) mass is 339 g/mol. The Morgan fingerprint density at radius 3 is 2.31 bits per heavy atom. The van der Waals surface area contributed by atoms with Gasteiger partial charge in [0.1, 0.15) is 0 Å². The molecule has 0 aromatic heterocycles. The molecule has 0 aliphatic heterocycles. The van der Waals surface area contributed by atoms with Gasteiger partial charge in [-0.3, -0.25) is 4.79 Å². The third kappa shape index (κ3) is 6.06. The number of amides is 1. The van der Waals surface area contributed by atoms with Crippen molar-refractivity contribution >= 4 is 28.5 Å². The molecule has 0 bridgehead atoms. The zero-order valence-corrected chi connectivity index (χ0v) is 13.2. The van der Waals surface area contributed by atoms with Crippen molar-refractivity contribution in [2.24, 2.45) is 11.8 Å². The molecule has 0 spiro atoms. The fourth-order valence-electron chi connectivity index (χ4n) is 1.66. The van der Waals surface area contributed by atoms with E-state index in [-0.39, 0.29) is 11.8 Å². The minimum Gasteiger partial charge on any atom is -0.352 e. The van der Waals surface area contributed by atoms with E-state index in [0.717, 1.165) is 23.7 Å². The summed E-state index contributed by atoms with van der Waals surface area (Å²) in [5, 5.41) is 3.18. The first-order valence-corrected chi connectivity index (χ1v) is 7.95. The highest BCUT2D eigenvalue weighted by atomic mass is 127. The first-order chi connectivity index (χ1) is 7.56. The third-order valence-corrected chi connectivity index (χ3v) is 4.02. The SMILES string of the molecule is CCCCC(CC)C(=O)NC(CI)C(C)C. The van der Waals surface area contributed by atoms with Gasteiger partial charge >= 0.3 is 0 Å². The van der Waals surface area contributed by atoms with Gasteiger partial charge in [0, 0.05) is 16.4 Å². The van der Waals surface area contributed by atoms with Crippen LogP contribution in [-0.4, -0.2) is 16.4 Å². The van der Waals surface area contributed by atoms with Crippen molar-refractivity contribution in [2.75, 3.05) is 4.43 Å². The Bertz CT molecular complexity index is 194. The van der Waals surface area contributed by atoms with Crippen LogP contribution in [0, 0.1) is 11.8 Å². The van der Waals surface area contributed by atoms with Crippen LogP contribution in [0.15, 0.2) is 0 Å². The lowest BCUT2D eigenvalue weighted by Crippen LogP contribution is -2.42. The first-order valence-electron chi connectivity index (χ1n) is 6.43. The van der Waals surface area contributed by atoms with Gasteiger partial charge in [-0.2, -0.15) is 0 Å². The van der Waals surface area contributed by atoms with E-state index in [1.54, 1.807) is 0 Å². The maximum atomic E-state index is 12.0. The summed E-state index contributed by atoms with van der Waals surface area (Å²) < 4.78 is 0.991. The number of rotatable bonds is 8. The van der Waals surface area contributed by atoms with Crippen LogP contribution in [0.3, 0.4) is 0 Å². The molecule has 2 unspecified atom stereocenters. The highest BCUT2D eigenvalue weighted by Crippen LogP contribution is 2.14. The average molecular weight is 339 g/mol. The second kappa shape index (κ2) is 9.25. The van der Waals surface area contributed by atoms with E-state index < -0.39 is 0 Å². The molecule has 0 radical (unpaired) electrons. The molecule has 0 saturated heterocycles. The molecule has 16 heavy (non-hydrogen) atoms. The van der Waals surface area contributed by atoms with E-state index in [1.807, 2.05) is 0 Å². The van der Waals surface area contributed by atoms with Crippen molar-refractivity contribution in [3.63, 3.8) is 0 Å². The quantitative estimate of drug-likeness (QED) is 0.529. The van der Waals surface area contributed by atoms with Crippen LogP contribution in [0.25, 0.3) is 0 Å². The molecule has 0 aromatic carbocycles. The van der Waals surface area contributed by atoms with Crippen LogP contribution in [-0.2, 0) is 4.79 Å². The molecular weight excluding hydrogens is 313 g/mol. The highest BCUT2D eigenvalue weighted by molar-refractivity contribution is 14.1. The standard InChI is InChI=1S/C13H26INO/c1-5-7-8-11(6-2)13(16)15-12(9-14)10(3)4/h10-12H,5-9H2,1-4H3,(H,15,16). The molecule has 2 atom stereocenters. The number of unbranched alkanes of at least 4 members (excludes halogenated alkanes) is 1. The summed E-state index contributed by atoms with van der Waals surface area (Å²) in [6.07, 6.45) is 4.31. The Labute approximate surface area is 114 Å². The number of nitrogens with one attached hydrogen (secondary N) is 1. The number of carbonyl (C=O) groups excluding carboxylic acids is 1. The summed E-state index contributed by atoms with van der Waals surface area (Å²) in [6, 6.07) is 0.323. The highest BCUT2D eigenvalue weighted by Gasteiger charge is 2.20.